The number of quaternary nitrogens is 1. The Hall–Kier alpha value is -1.10. The fraction of sp³-hybridized carbons (Fsp3) is 0.889. The molecule has 0 radical (unpaired) electrons. The van der Waals surface area contributed by atoms with Crippen molar-refractivity contribution in [3.8, 4) is 0 Å². The van der Waals surface area contributed by atoms with E-state index in [1.807, 2.05) is 27.8 Å². The topological polar surface area (TPSA) is 53.9 Å². The first-order valence-corrected chi connectivity index (χ1v) is 9.18. The Morgan fingerprint density at radius 2 is 1.74 bits per heavy atom. The lowest BCUT2D eigenvalue weighted by atomic mass is 9.78. The van der Waals surface area contributed by atoms with Crippen molar-refractivity contribution in [1.29, 1.82) is 0 Å². The summed E-state index contributed by atoms with van der Waals surface area (Å²) in [5.74, 6) is 0.950. The lowest BCUT2D eigenvalue weighted by Crippen LogP contribution is -3.11. The number of nitrogens with one attached hydrogen (secondary N) is 2. The predicted molar refractivity (Wildman–Crippen MR) is 91.2 cm³/mol. The van der Waals surface area contributed by atoms with Crippen molar-refractivity contribution in [2.75, 3.05) is 26.7 Å². The number of amides is 2. The number of carbonyl (C=O) groups is 2. The van der Waals surface area contributed by atoms with Crippen LogP contribution in [0.3, 0.4) is 0 Å². The van der Waals surface area contributed by atoms with E-state index in [2.05, 4.69) is 10.2 Å². The molecule has 2 fully saturated rings. The molecule has 1 aliphatic carbocycles. The third-order valence-corrected chi connectivity index (χ3v) is 4.99. The quantitative estimate of drug-likeness (QED) is 0.796. The van der Waals surface area contributed by atoms with E-state index in [1.54, 1.807) is 0 Å². The van der Waals surface area contributed by atoms with Crippen LogP contribution < -0.4 is 10.2 Å². The molecule has 5 nitrogen and oxygen atoms in total. The van der Waals surface area contributed by atoms with Crippen molar-refractivity contribution >= 4 is 11.8 Å². The summed E-state index contributed by atoms with van der Waals surface area (Å²) in [6, 6.07) is 0.459. The molecule has 0 bridgehead atoms. The number of hydrogen-bond acceptors (Lipinski definition) is 2. The summed E-state index contributed by atoms with van der Waals surface area (Å²) in [6.45, 7) is 7.60. The van der Waals surface area contributed by atoms with Crippen molar-refractivity contribution in [1.82, 2.24) is 10.2 Å². The van der Waals surface area contributed by atoms with Gasteiger partial charge in [0.15, 0.2) is 13.1 Å². The third kappa shape index (κ3) is 5.48. The summed E-state index contributed by atoms with van der Waals surface area (Å²) in [4.78, 5) is 27.8. The van der Waals surface area contributed by atoms with Crippen molar-refractivity contribution in [3.05, 3.63) is 0 Å². The molecule has 2 aliphatic rings. The van der Waals surface area contributed by atoms with Crippen LogP contribution in [0.4, 0.5) is 0 Å². The molecule has 0 aromatic rings. The zero-order valence-corrected chi connectivity index (χ0v) is 15.3. The highest BCUT2D eigenvalue weighted by atomic mass is 16.2. The van der Waals surface area contributed by atoms with Crippen molar-refractivity contribution in [2.45, 2.75) is 70.9 Å². The second-order valence-electron chi connectivity index (χ2n) is 8.45. The molecule has 3 atom stereocenters. The maximum atomic E-state index is 12.7. The molecule has 5 heteroatoms. The minimum absolute atomic E-state index is 0.0111. The van der Waals surface area contributed by atoms with Crippen molar-refractivity contribution in [2.24, 2.45) is 5.92 Å². The lowest BCUT2D eigenvalue weighted by Gasteiger charge is -2.44. The Labute approximate surface area is 140 Å². The van der Waals surface area contributed by atoms with E-state index in [-0.39, 0.29) is 17.4 Å². The summed E-state index contributed by atoms with van der Waals surface area (Å²) in [5, 5.41) is 2.96. The Bertz CT molecular complexity index is 428. The number of hydrogen-bond donors (Lipinski definition) is 2. The highest BCUT2D eigenvalue weighted by Crippen LogP contribution is 2.35. The van der Waals surface area contributed by atoms with Crippen LogP contribution in [0.15, 0.2) is 0 Å². The average molecular weight is 324 g/mol. The number of likely N-dealkylation sites (tertiary alicyclic amines) is 1. The van der Waals surface area contributed by atoms with E-state index in [0.29, 0.717) is 25.0 Å². The van der Waals surface area contributed by atoms with E-state index in [9.17, 15) is 9.59 Å². The SMILES string of the molecule is C[NH+](CC(=O)NC(C)(C)C)CC(=O)N1CCC[C@H]2CCCC[C@@H]21. The van der Waals surface area contributed by atoms with E-state index in [0.717, 1.165) is 17.9 Å². The highest BCUT2D eigenvalue weighted by molar-refractivity contribution is 5.79. The van der Waals surface area contributed by atoms with Crippen LogP contribution in [0.1, 0.15) is 59.3 Å². The Morgan fingerprint density at radius 1 is 1.09 bits per heavy atom. The molecule has 2 N–H and O–H groups in total. The summed E-state index contributed by atoms with van der Waals surface area (Å²) in [5.41, 5.74) is -0.219. The number of carbonyl (C=O) groups excluding carboxylic acids is 2. The van der Waals surface area contributed by atoms with Gasteiger partial charge in [-0.3, -0.25) is 9.59 Å². The predicted octanol–water partition coefficient (Wildman–Crippen LogP) is 0.597. The fourth-order valence-electron chi connectivity index (χ4n) is 4.09. The number of piperidine rings is 1. The number of nitrogens with zero attached hydrogens (tertiary/aromatic N) is 1. The van der Waals surface area contributed by atoms with E-state index >= 15 is 0 Å². The Balaban J connectivity index is 1.84. The second kappa shape index (κ2) is 7.65. The normalized spacial score (nSPS) is 26.3. The maximum Gasteiger partial charge on any atom is 0.278 e. The molecule has 0 aromatic carbocycles. The maximum absolute atomic E-state index is 12.7. The second-order valence-corrected chi connectivity index (χ2v) is 8.45. The van der Waals surface area contributed by atoms with Crippen molar-refractivity contribution in [3.63, 3.8) is 0 Å². The average Bonchev–Trinajstić information content (AvgIpc) is 2.44. The lowest BCUT2D eigenvalue weighted by molar-refractivity contribution is -0.863. The van der Waals surface area contributed by atoms with Gasteiger partial charge in [0.2, 0.25) is 0 Å². The number of fused-ring (bicyclic) bond motifs is 1. The van der Waals surface area contributed by atoms with Crippen LogP contribution in [0, 0.1) is 5.92 Å². The molecule has 132 valence electrons. The molecular formula is C18H34N3O2+. The van der Waals surface area contributed by atoms with Gasteiger partial charge in [-0.05, 0) is 52.4 Å². The molecule has 1 unspecified atom stereocenters. The number of rotatable bonds is 4. The third-order valence-electron chi connectivity index (χ3n) is 4.99. The smallest absolute Gasteiger partial charge is 0.278 e. The van der Waals surface area contributed by atoms with Crippen LogP contribution in [0.5, 0.6) is 0 Å². The molecule has 0 aromatic heterocycles. The van der Waals surface area contributed by atoms with Gasteiger partial charge in [-0.1, -0.05) is 12.8 Å². The van der Waals surface area contributed by atoms with Gasteiger partial charge in [0.25, 0.3) is 11.8 Å². The molecule has 0 spiro atoms. The summed E-state index contributed by atoms with van der Waals surface area (Å²) in [7, 11) is 1.93. The molecule has 1 heterocycles. The first-order chi connectivity index (χ1) is 10.8. The van der Waals surface area contributed by atoms with E-state index < -0.39 is 0 Å². The van der Waals surface area contributed by atoms with Gasteiger partial charge < -0.3 is 15.1 Å². The summed E-state index contributed by atoms with van der Waals surface area (Å²) >= 11 is 0. The van der Waals surface area contributed by atoms with Crippen LogP contribution in [-0.2, 0) is 9.59 Å². The van der Waals surface area contributed by atoms with Gasteiger partial charge in [0.1, 0.15) is 0 Å². The minimum Gasteiger partial charge on any atom is -0.347 e. The Kier molecular flexibility index (Phi) is 6.06. The van der Waals surface area contributed by atoms with Gasteiger partial charge in [-0.25, -0.2) is 0 Å². The van der Waals surface area contributed by atoms with Gasteiger partial charge in [0, 0.05) is 18.1 Å². The van der Waals surface area contributed by atoms with E-state index in [1.165, 1.54) is 32.1 Å². The molecular weight excluding hydrogens is 290 g/mol. The molecule has 1 saturated heterocycles. The first kappa shape index (κ1) is 18.2. The van der Waals surface area contributed by atoms with Crippen LogP contribution >= 0.6 is 0 Å². The van der Waals surface area contributed by atoms with Gasteiger partial charge in [0.05, 0.1) is 7.05 Å². The molecule has 1 aliphatic heterocycles. The van der Waals surface area contributed by atoms with Gasteiger partial charge in [-0.15, -0.1) is 0 Å². The standard InChI is InChI=1S/C18H33N3O2/c1-18(2,3)19-16(22)12-20(4)13-17(23)21-11-7-9-14-8-5-6-10-15(14)21/h14-15H,5-13H2,1-4H3,(H,19,22)/p+1/t14-,15+/m1/s1. The van der Waals surface area contributed by atoms with E-state index in [4.69, 9.17) is 0 Å². The first-order valence-electron chi connectivity index (χ1n) is 9.18. The summed E-state index contributed by atoms with van der Waals surface area (Å²) < 4.78 is 0. The zero-order valence-electron chi connectivity index (χ0n) is 15.3. The monoisotopic (exact) mass is 324 g/mol. The molecule has 23 heavy (non-hydrogen) atoms. The minimum atomic E-state index is -0.219. The van der Waals surface area contributed by atoms with Crippen molar-refractivity contribution < 1.29 is 14.5 Å². The largest absolute Gasteiger partial charge is 0.347 e. The molecule has 1 saturated carbocycles. The van der Waals surface area contributed by atoms with Crippen LogP contribution in [-0.4, -0.2) is 55.0 Å². The highest BCUT2D eigenvalue weighted by Gasteiger charge is 2.36. The van der Waals surface area contributed by atoms with Gasteiger partial charge in [-0.2, -0.15) is 0 Å². The van der Waals surface area contributed by atoms with Crippen LogP contribution in [0.2, 0.25) is 0 Å². The summed E-state index contributed by atoms with van der Waals surface area (Å²) in [6.07, 6.45) is 7.44. The molecule has 2 rings (SSSR count). The van der Waals surface area contributed by atoms with Gasteiger partial charge >= 0.3 is 0 Å². The van der Waals surface area contributed by atoms with Crippen LogP contribution in [0.25, 0.3) is 0 Å². The fourth-order valence-corrected chi connectivity index (χ4v) is 4.09. The Morgan fingerprint density at radius 3 is 2.43 bits per heavy atom. The number of likely N-dealkylation sites (N-methyl/N-ethyl adjacent to an activating group) is 1. The molecule has 2 amide bonds. The zero-order chi connectivity index (χ0) is 17.0.